The first-order valence-electron chi connectivity index (χ1n) is 6.10. The minimum absolute atomic E-state index is 0.0218. The van der Waals surface area contributed by atoms with Crippen molar-refractivity contribution in [2.24, 2.45) is 0 Å². The molecule has 0 saturated heterocycles. The minimum atomic E-state index is -0.107. The zero-order valence-electron chi connectivity index (χ0n) is 11.4. The number of carbonyl (C=O) groups excluding carboxylic acids is 1. The first kappa shape index (κ1) is 15.6. The Balaban J connectivity index is 2.52. The van der Waals surface area contributed by atoms with Crippen LogP contribution in [-0.4, -0.2) is 53.0 Å². The van der Waals surface area contributed by atoms with Crippen LogP contribution in [-0.2, 0) is 14.2 Å². The van der Waals surface area contributed by atoms with Crippen molar-refractivity contribution in [1.82, 2.24) is 0 Å². The van der Waals surface area contributed by atoms with Gasteiger partial charge in [-0.2, -0.15) is 0 Å². The van der Waals surface area contributed by atoms with E-state index in [-0.39, 0.29) is 12.4 Å². The predicted octanol–water partition coefficient (Wildman–Crippen LogP) is 1.56. The van der Waals surface area contributed by atoms with Crippen molar-refractivity contribution >= 4 is 5.78 Å². The number of hydrogen-bond donors (Lipinski definition) is 0. The van der Waals surface area contributed by atoms with Gasteiger partial charge in [-0.25, -0.2) is 0 Å². The number of Topliss-reactive ketones (excluding diaryl/α,β-unsaturated/α-hetero) is 1. The van der Waals surface area contributed by atoms with E-state index >= 15 is 0 Å². The molecule has 1 aromatic carbocycles. The first-order valence-corrected chi connectivity index (χ1v) is 6.10. The summed E-state index contributed by atoms with van der Waals surface area (Å²) in [5.41, 5.74) is 0.524. The lowest BCUT2D eigenvalue weighted by molar-refractivity contribution is 0.0573. The average Bonchev–Trinajstić information content (AvgIpc) is 2.44. The molecule has 0 fully saturated rings. The number of rotatable bonds is 10. The Hall–Kier alpha value is -1.43. The molecule has 1 aromatic rings. The maximum atomic E-state index is 12.0. The van der Waals surface area contributed by atoms with E-state index in [4.69, 9.17) is 18.9 Å². The summed E-state index contributed by atoms with van der Waals surface area (Å²) in [6, 6.07) is 7.11. The van der Waals surface area contributed by atoms with Crippen LogP contribution in [0.4, 0.5) is 0 Å². The number of hydrogen-bond acceptors (Lipinski definition) is 5. The van der Waals surface area contributed by atoms with Gasteiger partial charge in [0.1, 0.15) is 19.0 Å². The molecule has 1 rings (SSSR count). The Morgan fingerprint density at radius 1 is 1.00 bits per heavy atom. The fraction of sp³-hybridized carbons (Fsp3) is 0.500. The number of ether oxygens (including phenoxy) is 4. The lowest BCUT2D eigenvalue weighted by Crippen LogP contribution is -2.14. The van der Waals surface area contributed by atoms with Gasteiger partial charge in [-0.1, -0.05) is 12.1 Å². The second-order valence-electron chi connectivity index (χ2n) is 3.81. The fourth-order valence-corrected chi connectivity index (χ4v) is 1.44. The van der Waals surface area contributed by atoms with E-state index < -0.39 is 0 Å². The molecule has 5 heteroatoms. The van der Waals surface area contributed by atoms with Crippen LogP contribution in [0.5, 0.6) is 5.75 Å². The van der Waals surface area contributed by atoms with E-state index in [9.17, 15) is 4.79 Å². The Bertz CT molecular complexity index is 378. The fourth-order valence-electron chi connectivity index (χ4n) is 1.44. The summed E-state index contributed by atoms with van der Waals surface area (Å²) in [6.07, 6.45) is 0. The molecule has 0 aliphatic rings. The molecule has 0 aromatic heterocycles. The summed E-state index contributed by atoms with van der Waals surface area (Å²) in [7, 11) is 3.19. The van der Waals surface area contributed by atoms with Crippen molar-refractivity contribution < 1.29 is 23.7 Å². The molecule has 0 atom stereocenters. The molecule has 0 amide bonds. The number of para-hydroxylation sites is 1. The molecule has 0 unspecified atom stereocenters. The van der Waals surface area contributed by atoms with Gasteiger partial charge >= 0.3 is 0 Å². The lowest BCUT2D eigenvalue weighted by Gasteiger charge is -2.10. The maximum Gasteiger partial charge on any atom is 0.192 e. The van der Waals surface area contributed by atoms with Gasteiger partial charge in [0, 0.05) is 14.2 Å². The smallest absolute Gasteiger partial charge is 0.192 e. The zero-order chi connectivity index (χ0) is 13.9. The van der Waals surface area contributed by atoms with Crippen LogP contribution in [0.1, 0.15) is 10.4 Å². The highest BCUT2D eigenvalue weighted by molar-refractivity contribution is 5.99. The lowest BCUT2D eigenvalue weighted by atomic mass is 10.1. The first-order chi connectivity index (χ1) is 9.29. The van der Waals surface area contributed by atoms with Crippen LogP contribution in [0.3, 0.4) is 0 Å². The second kappa shape index (κ2) is 9.49. The molecule has 0 saturated carbocycles. The molecular formula is C14H20O5. The molecular weight excluding hydrogens is 248 g/mol. The van der Waals surface area contributed by atoms with E-state index in [1.165, 1.54) is 0 Å². The van der Waals surface area contributed by atoms with Crippen molar-refractivity contribution in [3.8, 4) is 5.75 Å². The van der Waals surface area contributed by atoms with Crippen molar-refractivity contribution in [2.45, 2.75) is 0 Å². The zero-order valence-corrected chi connectivity index (χ0v) is 11.4. The third kappa shape index (κ3) is 5.83. The summed E-state index contributed by atoms with van der Waals surface area (Å²) < 4.78 is 20.5. The van der Waals surface area contributed by atoms with Gasteiger partial charge in [0.15, 0.2) is 5.78 Å². The molecule has 19 heavy (non-hydrogen) atoms. The second-order valence-corrected chi connectivity index (χ2v) is 3.81. The number of methoxy groups -OCH3 is 2. The van der Waals surface area contributed by atoms with Crippen LogP contribution in [0.25, 0.3) is 0 Å². The molecule has 106 valence electrons. The number of benzene rings is 1. The van der Waals surface area contributed by atoms with E-state index in [0.717, 1.165) is 0 Å². The van der Waals surface area contributed by atoms with E-state index in [1.54, 1.807) is 32.4 Å². The van der Waals surface area contributed by atoms with Gasteiger partial charge in [-0.15, -0.1) is 0 Å². The van der Waals surface area contributed by atoms with Crippen molar-refractivity contribution in [1.29, 1.82) is 0 Å². The molecule has 0 spiro atoms. The van der Waals surface area contributed by atoms with Gasteiger partial charge in [-0.3, -0.25) is 4.79 Å². The van der Waals surface area contributed by atoms with Gasteiger partial charge < -0.3 is 18.9 Å². The molecule has 0 radical (unpaired) electrons. The monoisotopic (exact) mass is 268 g/mol. The number of carbonyl (C=O) groups is 1. The minimum Gasteiger partial charge on any atom is -0.490 e. The van der Waals surface area contributed by atoms with Gasteiger partial charge in [-0.05, 0) is 12.1 Å². The van der Waals surface area contributed by atoms with Gasteiger partial charge in [0.2, 0.25) is 0 Å². The Morgan fingerprint density at radius 2 is 1.68 bits per heavy atom. The molecule has 5 nitrogen and oxygen atoms in total. The standard InChI is InChI=1S/C14H20O5/c1-16-7-9-18-11-13(15)12-5-3-4-6-14(12)19-10-8-17-2/h3-6H,7-11H2,1-2H3. The van der Waals surface area contributed by atoms with Crippen LogP contribution in [0.15, 0.2) is 24.3 Å². The SMILES string of the molecule is COCCOCC(=O)c1ccccc1OCCOC. The van der Waals surface area contributed by atoms with E-state index in [2.05, 4.69) is 0 Å². The third-order valence-corrected chi connectivity index (χ3v) is 2.40. The summed E-state index contributed by atoms with van der Waals surface area (Å²) in [5, 5.41) is 0. The quantitative estimate of drug-likeness (QED) is 0.476. The van der Waals surface area contributed by atoms with Crippen LogP contribution in [0, 0.1) is 0 Å². The topological polar surface area (TPSA) is 54.0 Å². The largest absolute Gasteiger partial charge is 0.490 e. The molecule has 0 bridgehead atoms. The summed E-state index contributed by atoms with van der Waals surface area (Å²) in [4.78, 5) is 12.0. The van der Waals surface area contributed by atoms with Crippen LogP contribution < -0.4 is 4.74 Å². The van der Waals surface area contributed by atoms with Crippen LogP contribution in [0.2, 0.25) is 0 Å². The highest BCUT2D eigenvalue weighted by Crippen LogP contribution is 2.18. The summed E-state index contributed by atoms with van der Waals surface area (Å²) >= 11 is 0. The molecule has 0 heterocycles. The highest BCUT2D eigenvalue weighted by Gasteiger charge is 2.12. The molecule has 0 N–H and O–H groups in total. The normalized spacial score (nSPS) is 10.4. The van der Waals surface area contributed by atoms with Gasteiger partial charge in [0.05, 0.1) is 25.4 Å². The maximum absolute atomic E-state index is 12.0. The summed E-state index contributed by atoms with van der Waals surface area (Å²) in [6.45, 7) is 1.78. The summed E-state index contributed by atoms with van der Waals surface area (Å²) in [5.74, 6) is 0.448. The highest BCUT2D eigenvalue weighted by atomic mass is 16.5. The molecule has 0 aliphatic heterocycles. The van der Waals surface area contributed by atoms with E-state index in [0.29, 0.717) is 37.7 Å². The third-order valence-electron chi connectivity index (χ3n) is 2.40. The Morgan fingerprint density at radius 3 is 2.42 bits per heavy atom. The van der Waals surface area contributed by atoms with Crippen molar-refractivity contribution in [3.63, 3.8) is 0 Å². The van der Waals surface area contributed by atoms with Crippen molar-refractivity contribution in [2.75, 3.05) is 47.3 Å². The predicted molar refractivity (Wildman–Crippen MR) is 70.8 cm³/mol. The van der Waals surface area contributed by atoms with E-state index in [1.807, 2.05) is 6.07 Å². The average molecular weight is 268 g/mol. The number of ketones is 1. The molecule has 0 aliphatic carbocycles. The van der Waals surface area contributed by atoms with Gasteiger partial charge in [0.25, 0.3) is 0 Å². The van der Waals surface area contributed by atoms with Crippen LogP contribution >= 0.6 is 0 Å². The Labute approximate surface area is 113 Å². The Kier molecular flexibility index (Phi) is 7.81. The van der Waals surface area contributed by atoms with Crippen molar-refractivity contribution in [3.05, 3.63) is 29.8 Å².